The Labute approximate surface area is 150 Å². The molecule has 0 unspecified atom stereocenters. The maximum atomic E-state index is 12.8. The normalized spacial score (nSPS) is 21.3. The second-order valence-electron chi connectivity index (χ2n) is 6.65. The van der Waals surface area contributed by atoms with Gasteiger partial charge in [-0.1, -0.05) is 19.9 Å². The first kappa shape index (κ1) is 19.9. The summed E-state index contributed by atoms with van der Waals surface area (Å²) in [6.45, 7) is 6.16. The SMILES string of the molecule is CCN(CC)S(=O)(=O)c1cc(C(=O)NC2CCC(N)CC2)ccc1C. The van der Waals surface area contributed by atoms with Gasteiger partial charge in [-0.05, 0) is 50.3 Å². The van der Waals surface area contributed by atoms with E-state index in [1.165, 1.54) is 10.4 Å². The number of nitrogens with one attached hydrogen (secondary N) is 1. The van der Waals surface area contributed by atoms with Crippen molar-refractivity contribution >= 4 is 15.9 Å². The van der Waals surface area contributed by atoms with E-state index in [0.29, 0.717) is 24.2 Å². The average molecular weight is 368 g/mol. The minimum Gasteiger partial charge on any atom is -0.349 e. The van der Waals surface area contributed by atoms with E-state index in [9.17, 15) is 13.2 Å². The molecule has 1 aromatic rings. The van der Waals surface area contributed by atoms with Gasteiger partial charge in [0.15, 0.2) is 0 Å². The Bertz CT molecular complexity index is 706. The molecule has 1 aliphatic rings. The summed E-state index contributed by atoms with van der Waals surface area (Å²) in [7, 11) is -3.59. The highest BCUT2D eigenvalue weighted by atomic mass is 32.2. The summed E-state index contributed by atoms with van der Waals surface area (Å²) in [6.07, 6.45) is 3.54. The molecule has 1 fully saturated rings. The molecule has 0 bridgehead atoms. The van der Waals surface area contributed by atoms with Gasteiger partial charge in [-0.3, -0.25) is 4.79 Å². The molecule has 0 saturated heterocycles. The van der Waals surface area contributed by atoms with Gasteiger partial charge in [0.1, 0.15) is 0 Å². The molecule has 0 spiro atoms. The van der Waals surface area contributed by atoms with E-state index in [0.717, 1.165) is 25.7 Å². The van der Waals surface area contributed by atoms with Gasteiger partial charge in [0.05, 0.1) is 4.90 Å². The van der Waals surface area contributed by atoms with Crippen LogP contribution in [0.5, 0.6) is 0 Å². The number of rotatable bonds is 6. The first-order chi connectivity index (χ1) is 11.8. The molecule has 0 aliphatic heterocycles. The van der Waals surface area contributed by atoms with Crippen LogP contribution in [0.4, 0.5) is 0 Å². The Balaban J connectivity index is 2.22. The number of benzene rings is 1. The zero-order valence-corrected chi connectivity index (χ0v) is 16.1. The summed E-state index contributed by atoms with van der Waals surface area (Å²) in [5.41, 5.74) is 6.92. The van der Waals surface area contributed by atoms with E-state index in [4.69, 9.17) is 5.73 Å². The quantitative estimate of drug-likeness (QED) is 0.804. The summed E-state index contributed by atoms with van der Waals surface area (Å²) in [4.78, 5) is 12.7. The average Bonchev–Trinajstić information content (AvgIpc) is 2.58. The van der Waals surface area contributed by atoms with Crippen molar-refractivity contribution in [3.63, 3.8) is 0 Å². The van der Waals surface area contributed by atoms with Crippen LogP contribution in [0.1, 0.15) is 55.5 Å². The third kappa shape index (κ3) is 4.59. The fourth-order valence-corrected chi connectivity index (χ4v) is 4.96. The molecular weight excluding hydrogens is 338 g/mol. The van der Waals surface area contributed by atoms with Crippen LogP contribution in [0.15, 0.2) is 23.1 Å². The second kappa shape index (κ2) is 8.29. The van der Waals surface area contributed by atoms with Gasteiger partial charge in [0.25, 0.3) is 5.91 Å². The van der Waals surface area contributed by atoms with Gasteiger partial charge in [0, 0.05) is 30.7 Å². The van der Waals surface area contributed by atoms with E-state index in [1.807, 2.05) is 0 Å². The molecule has 2 rings (SSSR count). The van der Waals surface area contributed by atoms with Crippen LogP contribution < -0.4 is 11.1 Å². The molecule has 6 nitrogen and oxygen atoms in total. The number of hydrogen-bond donors (Lipinski definition) is 2. The molecule has 1 aromatic carbocycles. The van der Waals surface area contributed by atoms with Crippen molar-refractivity contribution in [1.82, 2.24) is 9.62 Å². The van der Waals surface area contributed by atoms with Crippen LogP contribution in [0.3, 0.4) is 0 Å². The maximum Gasteiger partial charge on any atom is 0.251 e. The monoisotopic (exact) mass is 367 g/mol. The standard InChI is InChI=1S/C18H29N3O3S/c1-4-21(5-2)25(23,24)17-12-14(7-6-13(17)3)18(22)20-16-10-8-15(19)9-11-16/h6-7,12,15-16H,4-5,8-11,19H2,1-3H3,(H,20,22). The molecule has 1 saturated carbocycles. The minimum atomic E-state index is -3.59. The number of sulfonamides is 1. The Morgan fingerprint density at radius 1 is 1.20 bits per heavy atom. The molecule has 1 amide bonds. The fourth-order valence-electron chi connectivity index (χ4n) is 3.25. The molecule has 0 aromatic heterocycles. The third-order valence-electron chi connectivity index (χ3n) is 4.88. The van der Waals surface area contributed by atoms with Gasteiger partial charge in [0.2, 0.25) is 10.0 Å². The van der Waals surface area contributed by atoms with Crippen molar-refractivity contribution in [2.24, 2.45) is 5.73 Å². The van der Waals surface area contributed by atoms with Gasteiger partial charge < -0.3 is 11.1 Å². The van der Waals surface area contributed by atoms with Crippen LogP contribution in [0.25, 0.3) is 0 Å². The van der Waals surface area contributed by atoms with Crippen LogP contribution in [0, 0.1) is 6.92 Å². The van der Waals surface area contributed by atoms with E-state index < -0.39 is 10.0 Å². The van der Waals surface area contributed by atoms with Crippen LogP contribution >= 0.6 is 0 Å². The van der Waals surface area contributed by atoms with Gasteiger partial charge in [-0.2, -0.15) is 4.31 Å². The van der Waals surface area contributed by atoms with Crippen LogP contribution in [-0.2, 0) is 10.0 Å². The number of carbonyl (C=O) groups is 1. The second-order valence-corrected chi connectivity index (χ2v) is 8.56. The smallest absolute Gasteiger partial charge is 0.251 e. The Morgan fingerprint density at radius 2 is 1.80 bits per heavy atom. The fraction of sp³-hybridized carbons (Fsp3) is 0.611. The number of carbonyl (C=O) groups excluding carboxylic acids is 1. The molecule has 1 aliphatic carbocycles. The van der Waals surface area contributed by atoms with Crippen molar-refractivity contribution in [2.75, 3.05) is 13.1 Å². The van der Waals surface area contributed by atoms with Crippen molar-refractivity contribution in [3.05, 3.63) is 29.3 Å². The van der Waals surface area contributed by atoms with Gasteiger partial charge in [-0.15, -0.1) is 0 Å². The molecule has 3 N–H and O–H groups in total. The minimum absolute atomic E-state index is 0.108. The lowest BCUT2D eigenvalue weighted by Crippen LogP contribution is -2.40. The maximum absolute atomic E-state index is 12.8. The first-order valence-corrected chi connectivity index (χ1v) is 10.4. The summed E-state index contributed by atoms with van der Waals surface area (Å²) < 4.78 is 27.0. The van der Waals surface area contributed by atoms with E-state index in [2.05, 4.69) is 5.32 Å². The predicted octanol–water partition coefficient (Wildman–Crippen LogP) is 2.03. The Hall–Kier alpha value is -1.44. The summed E-state index contributed by atoms with van der Waals surface area (Å²) in [5.74, 6) is -0.225. The van der Waals surface area contributed by atoms with E-state index in [1.54, 1.807) is 32.9 Å². The van der Waals surface area contributed by atoms with Crippen LogP contribution in [-0.4, -0.2) is 43.8 Å². The lowest BCUT2D eigenvalue weighted by molar-refractivity contribution is 0.0925. The number of nitrogens with two attached hydrogens (primary N) is 1. The molecule has 0 atom stereocenters. The number of nitrogens with zero attached hydrogens (tertiary/aromatic N) is 1. The third-order valence-corrected chi connectivity index (χ3v) is 7.07. The highest BCUT2D eigenvalue weighted by molar-refractivity contribution is 7.89. The Morgan fingerprint density at radius 3 is 2.36 bits per heavy atom. The number of aryl methyl sites for hydroxylation is 1. The van der Waals surface area contributed by atoms with Gasteiger partial charge in [-0.25, -0.2) is 8.42 Å². The van der Waals surface area contributed by atoms with Crippen molar-refractivity contribution in [2.45, 2.75) is 63.4 Å². The molecular formula is C18H29N3O3S. The molecule has 7 heteroatoms. The highest BCUT2D eigenvalue weighted by Gasteiger charge is 2.26. The molecule has 25 heavy (non-hydrogen) atoms. The van der Waals surface area contributed by atoms with Gasteiger partial charge >= 0.3 is 0 Å². The molecule has 0 heterocycles. The zero-order valence-electron chi connectivity index (χ0n) is 15.3. The van der Waals surface area contributed by atoms with E-state index in [-0.39, 0.29) is 22.9 Å². The van der Waals surface area contributed by atoms with E-state index >= 15 is 0 Å². The summed E-state index contributed by atoms with van der Waals surface area (Å²) in [6, 6.07) is 5.20. The summed E-state index contributed by atoms with van der Waals surface area (Å²) >= 11 is 0. The highest BCUT2D eigenvalue weighted by Crippen LogP contribution is 2.22. The zero-order chi connectivity index (χ0) is 18.6. The number of hydrogen-bond acceptors (Lipinski definition) is 4. The largest absolute Gasteiger partial charge is 0.349 e. The summed E-state index contributed by atoms with van der Waals surface area (Å²) in [5, 5.41) is 3.01. The number of amides is 1. The van der Waals surface area contributed by atoms with Crippen LogP contribution in [0.2, 0.25) is 0 Å². The lowest BCUT2D eigenvalue weighted by Gasteiger charge is -2.27. The van der Waals surface area contributed by atoms with Crippen molar-refractivity contribution in [1.29, 1.82) is 0 Å². The molecule has 140 valence electrons. The molecule has 0 radical (unpaired) electrons. The Kier molecular flexibility index (Phi) is 6.59. The predicted molar refractivity (Wildman–Crippen MR) is 99.0 cm³/mol. The van der Waals surface area contributed by atoms with Crippen molar-refractivity contribution in [3.8, 4) is 0 Å². The topological polar surface area (TPSA) is 92.5 Å². The first-order valence-electron chi connectivity index (χ1n) is 8.96. The lowest BCUT2D eigenvalue weighted by atomic mass is 9.91. The van der Waals surface area contributed by atoms with Crippen molar-refractivity contribution < 1.29 is 13.2 Å².